The van der Waals surface area contributed by atoms with Gasteiger partial charge < -0.3 is 4.74 Å². The van der Waals surface area contributed by atoms with E-state index in [4.69, 9.17) is 4.74 Å². The second kappa shape index (κ2) is 6.39. The molecular weight excluding hydrogens is 280 g/mol. The minimum absolute atomic E-state index is 0.186. The lowest BCUT2D eigenvalue weighted by atomic mass is 10.1. The number of carbonyl (C=O) groups excluding carboxylic acids is 2. The molecular formula is C17H18N2O3. The van der Waals surface area contributed by atoms with Crippen LogP contribution in [0.1, 0.15) is 31.1 Å². The third-order valence-electron chi connectivity index (χ3n) is 2.74. The van der Waals surface area contributed by atoms with E-state index in [9.17, 15) is 9.59 Å². The van der Waals surface area contributed by atoms with Crippen LogP contribution in [0.3, 0.4) is 0 Å². The largest absolute Gasteiger partial charge is 0.444 e. The molecule has 0 aliphatic heterocycles. The number of anilines is 1. The van der Waals surface area contributed by atoms with E-state index in [1.165, 1.54) is 0 Å². The fourth-order valence-electron chi connectivity index (χ4n) is 1.84. The summed E-state index contributed by atoms with van der Waals surface area (Å²) in [5.74, 6) is 0.186. The minimum Gasteiger partial charge on any atom is -0.444 e. The van der Waals surface area contributed by atoms with Gasteiger partial charge in [0.25, 0.3) is 0 Å². The van der Waals surface area contributed by atoms with Crippen LogP contribution in [0.2, 0.25) is 0 Å². The number of carbonyl (C=O) groups is 2. The zero-order valence-corrected chi connectivity index (χ0v) is 12.8. The average Bonchev–Trinajstić information content (AvgIpc) is 2.46. The predicted molar refractivity (Wildman–Crippen MR) is 84.9 cm³/mol. The number of nitrogens with one attached hydrogen (secondary N) is 1. The molecule has 0 bridgehead atoms. The Morgan fingerprint density at radius 2 is 1.82 bits per heavy atom. The quantitative estimate of drug-likeness (QED) is 0.872. The van der Waals surface area contributed by atoms with E-state index in [1.807, 2.05) is 30.3 Å². The van der Waals surface area contributed by atoms with Gasteiger partial charge in [-0.05, 0) is 32.9 Å². The molecule has 2 rings (SSSR count). The van der Waals surface area contributed by atoms with Crippen LogP contribution in [0.25, 0.3) is 11.3 Å². The lowest BCUT2D eigenvalue weighted by Gasteiger charge is -2.19. The van der Waals surface area contributed by atoms with Crippen LogP contribution in [0, 0.1) is 0 Å². The zero-order chi connectivity index (χ0) is 16.2. The highest BCUT2D eigenvalue weighted by atomic mass is 16.6. The third kappa shape index (κ3) is 4.15. The maximum absolute atomic E-state index is 11.9. The molecule has 0 atom stereocenters. The molecule has 0 fully saturated rings. The van der Waals surface area contributed by atoms with E-state index in [-0.39, 0.29) is 5.82 Å². The summed E-state index contributed by atoms with van der Waals surface area (Å²) in [5.41, 5.74) is 1.23. The molecule has 0 aliphatic carbocycles. The van der Waals surface area contributed by atoms with Gasteiger partial charge in [0, 0.05) is 5.56 Å². The first-order chi connectivity index (χ1) is 10.4. The molecule has 5 heteroatoms. The molecule has 1 amide bonds. The third-order valence-corrected chi connectivity index (χ3v) is 2.74. The maximum atomic E-state index is 11.9. The van der Waals surface area contributed by atoms with Crippen LogP contribution >= 0.6 is 0 Å². The maximum Gasteiger partial charge on any atom is 0.413 e. The molecule has 1 heterocycles. The fraction of sp³-hybridized carbons (Fsp3) is 0.235. The monoisotopic (exact) mass is 298 g/mol. The number of benzene rings is 1. The molecule has 1 aromatic carbocycles. The van der Waals surface area contributed by atoms with Gasteiger partial charge in [0.1, 0.15) is 11.4 Å². The second-order valence-corrected chi connectivity index (χ2v) is 5.75. The van der Waals surface area contributed by atoms with Crippen molar-refractivity contribution in [2.24, 2.45) is 0 Å². The summed E-state index contributed by atoms with van der Waals surface area (Å²) in [6, 6.07) is 12.9. The van der Waals surface area contributed by atoms with Crippen molar-refractivity contribution in [2.75, 3.05) is 5.32 Å². The Balaban J connectivity index is 2.29. The van der Waals surface area contributed by atoms with Crippen molar-refractivity contribution in [2.45, 2.75) is 26.4 Å². The Kier molecular flexibility index (Phi) is 4.56. The lowest BCUT2D eigenvalue weighted by molar-refractivity contribution is 0.0635. The van der Waals surface area contributed by atoms with E-state index in [2.05, 4.69) is 10.3 Å². The Labute approximate surface area is 129 Å². The summed E-state index contributed by atoms with van der Waals surface area (Å²) in [5, 5.41) is 2.52. The molecule has 0 saturated carbocycles. The molecule has 5 nitrogen and oxygen atoms in total. The molecule has 0 radical (unpaired) electrons. The Hall–Kier alpha value is -2.69. The Morgan fingerprint density at radius 1 is 1.14 bits per heavy atom. The van der Waals surface area contributed by atoms with Crippen molar-refractivity contribution in [3.8, 4) is 11.3 Å². The topological polar surface area (TPSA) is 68.3 Å². The molecule has 114 valence electrons. The molecule has 1 aromatic heterocycles. The summed E-state index contributed by atoms with van der Waals surface area (Å²) >= 11 is 0. The van der Waals surface area contributed by atoms with Crippen LogP contribution in [0.15, 0.2) is 42.5 Å². The normalized spacial score (nSPS) is 10.9. The van der Waals surface area contributed by atoms with Crippen LogP contribution in [-0.4, -0.2) is 23.0 Å². The number of ether oxygens (including phenoxy) is 1. The molecule has 2 aromatic rings. The summed E-state index contributed by atoms with van der Waals surface area (Å²) in [4.78, 5) is 27.3. The van der Waals surface area contributed by atoms with Crippen LogP contribution in [0.5, 0.6) is 0 Å². The van der Waals surface area contributed by atoms with E-state index in [0.717, 1.165) is 5.56 Å². The van der Waals surface area contributed by atoms with Gasteiger partial charge in [-0.25, -0.2) is 9.78 Å². The summed E-state index contributed by atoms with van der Waals surface area (Å²) in [6.45, 7) is 5.29. The number of aromatic nitrogens is 1. The number of hydrogen-bond acceptors (Lipinski definition) is 4. The van der Waals surface area contributed by atoms with Crippen LogP contribution in [-0.2, 0) is 4.74 Å². The Bertz CT molecular complexity index is 676. The summed E-state index contributed by atoms with van der Waals surface area (Å²) in [7, 11) is 0. The highest BCUT2D eigenvalue weighted by Gasteiger charge is 2.18. The number of pyridine rings is 1. The minimum atomic E-state index is -0.645. The SMILES string of the molecule is CC(C)(C)OC(=O)Nc1nc(-c2ccccc2)ccc1C=O. The summed E-state index contributed by atoms with van der Waals surface area (Å²) in [6.07, 6.45) is 0.00222. The molecule has 0 spiro atoms. The van der Waals surface area contributed by atoms with E-state index in [1.54, 1.807) is 32.9 Å². The average molecular weight is 298 g/mol. The van der Waals surface area contributed by atoms with Gasteiger partial charge in [-0.15, -0.1) is 0 Å². The van der Waals surface area contributed by atoms with Gasteiger partial charge in [0.15, 0.2) is 6.29 Å². The number of hydrogen-bond donors (Lipinski definition) is 1. The first kappa shape index (κ1) is 15.7. The zero-order valence-electron chi connectivity index (χ0n) is 12.8. The fourth-order valence-corrected chi connectivity index (χ4v) is 1.84. The number of aldehydes is 1. The highest BCUT2D eigenvalue weighted by molar-refractivity contribution is 5.92. The van der Waals surface area contributed by atoms with Crippen molar-refractivity contribution in [1.82, 2.24) is 4.98 Å². The first-order valence-electron chi connectivity index (χ1n) is 6.91. The van der Waals surface area contributed by atoms with Gasteiger partial charge in [0.05, 0.1) is 11.3 Å². The van der Waals surface area contributed by atoms with Crippen molar-refractivity contribution < 1.29 is 14.3 Å². The van der Waals surface area contributed by atoms with Gasteiger partial charge in [0.2, 0.25) is 0 Å². The molecule has 0 unspecified atom stereocenters. The molecule has 1 N–H and O–H groups in total. The number of amides is 1. The smallest absolute Gasteiger partial charge is 0.413 e. The molecule has 0 aliphatic rings. The van der Waals surface area contributed by atoms with Crippen molar-refractivity contribution in [3.63, 3.8) is 0 Å². The molecule has 22 heavy (non-hydrogen) atoms. The van der Waals surface area contributed by atoms with E-state index in [0.29, 0.717) is 17.5 Å². The summed E-state index contributed by atoms with van der Waals surface area (Å²) < 4.78 is 5.18. The Morgan fingerprint density at radius 3 is 2.41 bits per heavy atom. The molecule has 0 saturated heterocycles. The predicted octanol–water partition coefficient (Wildman–Crippen LogP) is 3.91. The van der Waals surface area contributed by atoms with Crippen LogP contribution < -0.4 is 5.32 Å². The van der Waals surface area contributed by atoms with Gasteiger partial charge in [-0.3, -0.25) is 10.1 Å². The first-order valence-corrected chi connectivity index (χ1v) is 6.91. The number of nitrogens with zero attached hydrogens (tertiary/aromatic N) is 1. The van der Waals surface area contributed by atoms with Crippen molar-refractivity contribution >= 4 is 18.2 Å². The van der Waals surface area contributed by atoms with Gasteiger partial charge in [-0.2, -0.15) is 0 Å². The lowest BCUT2D eigenvalue weighted by Crippen LogP contribution is -2.27. The standard InChI is InChI=1S/C17H18N2O3/c1-17(2,3)22-16(21)19-15-13(11-20)9-10-14(18-15)12-7-5-4-6-8-12/h4-11H,1-3H3,(H,18,19,21). The van der Waals surface area contributed by atoms with Crippen molar-refractivity contribution in [1.29, 1.82) is 0 Å². The second-order valence-electron chi connectivity index (χ2n) is 5.75. The highest BCUT2D eigenvalue weighted by Crippen LogP contribution is 2.21. The van der Waals surface area contributed by atoms with E-state index < -0.39 is 11.7 Å². The van der Waals surface area contributed by atoms with Gasteiger partial charge in [-0.1, -0.05) is 30.3 Å². The van der Waals surface area contributed by atoms with Crippen molar-refractivity contribution in [3.05, 3.63) is 48.0 Å². The van der Waals surface area contributed by atoms with Crippen LogP contribution in [0.4, 0.5) is 10.6 Å². The van der Waals surface area contributed by atoms with E-state index >= 15 is 0 Å². The number of rotatable bonds is 3. The van der Waals surface area contributed by atoms with Gasteiger partial charge >= 0.3 is 6.09 Å².